The van der Waals surface area contributed by atoms with E-state index in [-0.39, 0.29) is 17.7 Å². The molecule has 2 heterocycles. The van der Waals surface area contributed by atoms with Crippen LogP contribution in [-0.4, -0.2) is 41.8 Å². The Labute approximate surface area is 155 Å². The molecule has 1 aromatic rings. The Kier molecular flexibility index (Phi) is 6.65. The van der Waals surface area contributed by atoms with E-state index < -0.39 is 0 Å². The lowest BCUT2D eigenvalue weighted by molar-refractivity contribution is -0.121. The molecular weight excluding hydrogens is 332 g/mol. The number of amides is 1. The minimum atomic E-state index is 0.0722. The van der Waals surface area contributed by atoms with Crippen molar-refractivity contribution in [3.63, 3.8) is 0 Å². The molecule has 3 rings (SSSR count). The van der Waals surface area contributed by atoms with Gasteiger partial charge in [0.25, 0.3) is 0 Å². The van der Waals surface area contributed by atoms with E-state index in [4.69, 9.17) is 0 Å². The molecule has 1 amide bonds. The molecule has 1 aliphatic carbocycles. The maximum atomic E-state index is 12.4. The lowest BCUT2D eigenvalue weighted by Crippen LogP contribution is -2.51. The first-order chi connectivity index (χ1) is 12.1. The van der Waals surface area contributed by atoms with Crippen LogP contribution in [0.1, 0.15) is 73.5 Å². The summed E-state index contributed by atoms with van der Waals surface area (Å²) < 4.78 is 0. The largest absolute Gasteiger partial charge is 0.352 e. The van der Waals surface area contributed by atoms with Crippen LogP contribution in [0.25, 0.3) is 0 Å². The molecule has 0 spiro atoms. The predicted octanol–water partition coefficient (Wildman–Crippen LogP) is 3.80. The smallest absolute Gasteiger partial charge is 0.224 e. The van der Waals surface area contributed by atoms with Crippen molar-refractivity contribution in [1.82, 2.24) is 10.2 Å². The number of carbonyl (C=O) groups is 2. The van der Waals surface area contributed by atoms with Crippen LogP contribution in [-0.2, 0) is 11.2 Å². The van der Waals surface area contributed by atoms with E-state index in [1.807, 2.05) is 11.4 Å². The van der Waals surface area contributed by atoms with Crippen LogP contribution >= 0.6 is 11.3 Å². The third-order valence-corrected chi connectivity index (χ3v) is 6.60. The van der Waals surface area contributed by atoms with Gasteiger partial charge in [0.15, 0.2) is 5.78 Å². The Bertz CT molecular complexity index is 590. The maximum absolute atomic E-state index is 12.4. The lowest BCUT2D eigenvalue weighted by Gasteiger charge is -2.38. The van der Waals surface area contributed by atoms with Crippen LogP contribution in [0.15, 0.2) is 11.4 Å². The summed E-state index contributed by atoms with van der Waals surface area (Å²) >= 11 is 1.43. The number of rotatable bonds is 5. The van der Waals surface area contributed by atoms with Crippen LogP contribution in [0.2, 0.25) is 0 Å². The second-order valence-electron chi connectivity index (χ2n) is 7.60. The van der Waals surface area contributed by atoms with E-state index in [0.717, 1.165) is 29.4 Å². The Morgan fingerprint density at radius 1 is 1.16 bits per heavy atom. The number of carbonyl (C=O) groups excluding carboxylic acids is 2. The minimum absolute atomic E-state index is 0.0722. The van der Waals surface area contributed by atoms with E-state index in [0.29, 0.717) is 6.42 Å². The lowest BCUT2D eigenvalue weighted by atomic mass is 9.99. The van der Waals surface area contributed by atoms with Gasteiger partial charge in [-0.2, -0.15) is 0 Å². The first-order valence-corrected chi connectivity index (χ1v) is 10.6. The summed E-state index contributed by atoms with van der Waals surface area (Å²) in [6, 6.07) is 2.85. The summed E-state index contributed by atoms with van der Waals surface area (Å²) in [5, 5.41) is 5.16. The van der Waals surface area contributed by atoms with Gasteiger partial charge in [-0.3, -0.25) is 14.5 Å². The maximum Gasteiger partial charge on any atom is 0.224 e. The Morgan fingerprint density at radius 3 is 2.60 bits per heavy atom. The highest BCUT2D eigenvalue weighted by atomic mass is 32.1. The highest BCUT2D eigenvalue weighted by molar-refractivity contribution is 7.12. The topological polar surface area (TPSA) is 49.4 Å². The molecule has 1 saturated heterocycles. The summed E-state index contributed by atoms with van der Waals surface area (Å²) in [5.74, 6) is 0.156. The van der Waals surface area contributed by atoms with Crippen molar-refractivity contribution in [2.24, 2.45) is 0 Å². The van der Waals surface area contributed by atoms with Gasteiger partial charge in [-0.05, 0) is 56.2 Å². The number of ketones is 1. The SMILES string of the molecule is CC(=O)c1cc(CC(=O)NC2CCCN(C3CCCCCC3)C2)cs1. The quantitative estimate of drug-likeness (QED) is 0.640. The van der Waals surface area contributed by atoms with Crippen molar-refractivity contribution in [2.45, 2.75) is 76.8 Å². The zero-order valence-corrected chi connectivity index (χ0v) is 16.1. The monoisotopic (exact) mass is 362 g/mol. The molecule has 138 valence electrons. The Balaban J connectivity index is 1.49. The van der Waals surface area contributed by atoms with Crippen molar-refractivity contribution in [3.8, 4) is 0 Å². The standard InChI is InChI=1S/C20H30N2O2S/c1-15(23)19-11-16(14-25-19)12-20(24)21-17-7-6-10-22(13-17)18-8-4-2-3-5-9-18/h11,14,17-18H,2-10,12-13H2,1H3,(H,21,24). The molecular formula is C20H30N2O2S. The summed E-state index contributed by atoms with van der Waals surface area (Å²) in [6.07, 6.45) is 10.8. The molecule has 1 aliphatic heterocycles. The molecule has 25 heavy (non-hydrogen) atoms. The second kappa shape index (κ2) is 8.95. The van der Waals surface area contributed by atoms with Gasteiger partial charge in [0, 0.05) is 18.6 Å². The number of hydrogen-bond donors (Lipinski definition) is 1. The second-order valence-corrected chi connectivity index (χ2v) is 8.51. The van der Waals surface area contributed by atoms with Crippen molar-refractivity contribution in [1.29, 1.82) is 0 Å². The zero-order valence-electron chi connectivity index (χ0n) is 15.3. The van der Waals surface area contributed by atoms with Gasteiger partial charge in [-0.1, -0.05) is 25.7 Å². The molecule has 1 unspecified atom stereocenters. The van der Waals surface area contributed by atoms with Crippen LogP contribution in [0, 0.1) is 0 Å². The first kappa shape index (κ1) is 18.6. The van der Waals surface area contributed by atoms with Gasteiger partial charge in [-0.15, -0.1) is 11.3 Å². The molecule has 0 bridgehead atoms. The van der Waals surface area contributed by atoms with E-state index in [1.165, 1.54) is 62.8 Å². The molecule has 1 saturated carbocycles. The van der Waals surface area contributed by atoms with Crippen molar-refractivity contribution < 1.29 is 9.59 Å². The predicted molar refractivity (Wildman–Crippen MR) is 102 cm³/mol. The fraction of sp³-hybridized carbons (Fsp3) is 0.700. The summed E-state index contributed by atoms with van der Waals surface area (Å²) in [4.78, 5) is 27.1. The normalized spacial score (nSPS) is 23.2. The fourth-order valence-electron chi connectivity index (χ4n) is 4.20. The number of piperidine rings is 1. The van der Waals surface area contributed by atoms with E-state index in [2.05, 4.69) is 10.2 Å². The molecule has 0 radical (unpaired) electrons. The van der Waals surface area contributed by atoms with Crippen LogP contribution in [0.3, 0.4) is 0 Å². The number of thiophene rings is 1. The highest BCUT2D eigenvalue weighted by Gasteiger charge is 2.27. The molecule has 1 atom stereocenters. The average molecular weight is 363 g/mol. The molecule has 1 N–H and O–H groups in total. The summed E-state index contributed by atoms with van der Waals surface area (Å²) in [5.41, 5.74) is 0.948. The summed E-state index contributed by atoms with van der Waals surface area (Å²) in [6.45, 7) is 3.75. The molecule has 1 aromatic heterocycles. The van der Waals surface area contributed by atoms with E-state index in [9.17, 15) is 9.59 Å². The van der Waals surface area contributed by atoms with Gasteiger partial charge >= 0.3 is 0 Å². The van der Waals surface area contributed by atoms with Crippen LogP contribution in [0.5, 0.6) is 0 Å². The Morgan fingerprint density at radius 2 is 1.92 bits per heavy atom. The highest BCUT2D eigenvalue weighted by Crippen LogP contribution is 2.25. The van der Waals surface area contributed by atoms with Gasteiger partial charge < -0.3 is 5.32 Å². The summed E-state index contributed by atoms with van der Waals surface area (Å²) in [7, 11) is 0. The molecule has 2 aliphatic rings. The number of hydrogen-bond acceptors (Lipinski definition) is 4. The van der Waals surface area contributed by atoms with E-state index in [1.54, 1.807) is 6.92 Å². The third-order valence-electron chi connectivity index (χ3n) is 5.52. The van der Waals surface area contributed by atoms with Gasteiger partial charge in [-0.25, -0.2) is 0 Å². The zero-order chi connectivity index (χ0) is 17.6. The number of likely N-dealkylation sites (tertiary alicyclic amines) is 1. The third kappa shape index (κ3) is 5.38. The molecule has 4 nitrogen and oxygen atoms in total. The number of nitrogens with one attached hydrogen (secondary N) is 1. The Hall–Kier alpha value is -1.20. The van der Waals surface area contributed by atoms with Gasteiger partial charge in [0.05, 0.1) is 11.3 Å². The number of Topliss-reactive ketones (excluding diaryl/α,β-unsaturated/α-hetero) is 1. The van der Waals surface area contributed by atoms with Crippen molar-refractivity contribution in [3.05, 3.63) is 21.9 Å². The minimum Gasteiger partial charge on any atom is -0.352 e. The van der Waals surface area contributed by atoms with Crippen molar-refractivity contribution in [2.75, 3.05) is 13.1 Å². The molecule has 0 aromatic carbocycles. The fourth-order valence-corrected chi connectivity index (χ4v) is 5.01. The average Bonchev–Trinajstić information content (AvgIpc) is 2.88. The van der Waals surface area contributed by atoms with Crippen LogP contribution in [0.4, 0.5) is 0 Å². The first-order valence-electron chi connectivity index (χ1n) is 9.73. The van der Waals surface area contributed by atoms with Crippen LogP contribution < -0.4 is 5.32 Å². The van der Waals surface area contributed by atoms with E-state index >= 15 is 0 Å². The number of nitrogens with zero attached hydrogens (tertiary/aromatic N) is 1. The van der Waals surface area contributed by atoms with Crippen molar-refractivity contribution >= 4 is 23.0 Å². The molecule has 5 heteroatoms. The molecule has 2 fully saturated rings. The van der Waals surface area contributed by atoms with Gasteiger partial charge in [0.1, 0.15) is 0 Å². The van der Waals surface area contributed by atoms with Gasteiger partial charge in [0.2, 0.25) is 5.91 Å².